The number of aliphatic hydroxyl groups excluding tert-OH is 1. The van der Waals surface area contributed by atoms with E-state index in [2.05, 4.69) is 69.3 Å². The Morgan fingerprint density at radius 1 is 0.963 bits per heavy atom. The van der Waals surface area contributed by atoms with Crippen LogP contribution in [0.3, 0.4) is 0 Å². The zero-order valence-corrected chi connectivity index (χ0v) is 17.3. The highest BCUT2D eigenvalue weighted by atomic mass is 28.4. The van der Waals surface area contributed by atoms with Gasteiger partial charge in [-0.3, -0.25) is 4.79 Å². The third-order valence-electron chi connectivity index (χ3n) is 5.27. The van der Waals surface area contributed by atoms with Crippen molar-refractivity contribution in [3.63, 3.8) is 0 Å². The van der Waals surface area contributed by atoms with E-state index in [-0.39, 0.29) is 22.5 Å². The molecule has 0 spiro atoms. The summed E-state index contributed by atoms with van der Waals surface area (Å²) in [6, 6.07) is 20.9. The van der Waals surface area contributed by atoms with Crippen molar-refractivity contribution in [1.29, 1.82) is 0 Å². The van der Waals surface area contributed by atoms with Gasteiger partial charge in [0, 0.05) is 25.5 Å². The van der Waals surface area contributed by atoms with Crippen LogP contribution in [0.2, 0.25) is 5.04 Å². The molecule has 3 nitrogen and oxygen atoms in total. The number of ketones is 1. The monoisotopic (exact) mass is 380 g/mol. The summed E-state index contributed by atoms with van der Waals surface area (Å²) in [7, 11) is -2.59. The summed E-state index contributed by atoms with van der Waals surface area (Å²) < 4.78 is 6.85. The third-order valence-corrected chi connectivity index (χ3v) is 10.3. The Morgan fingerprint density at radius 2 is 1.48 bits per heavy atom. The summed E-state index contributed by atoms with van der Waals surface area (Å²) in [4.78, 5) is 11.9. The van der Waals surface area contributed by atoms with Gasteiger partial charge in [-0.15, -0.1) is 0 Å². The highest BCUT2D eigenvalue weighted by Crippen LogP contribution is 2.37. The lowest BCUT2D eigenvalue weighted by Gasteiger charge is -2.43. The molecule has 142 valence electrons. The van der Waals surface area contributed by atoms with Crippen molar-refractivity contribution in [2.75, 3.05) is 6.61 Å². The number of carbonyl (C=O) groups excluding carboxylic acids is 1. The van der Waals surface area contributed by atoms with Crippen molar-refractivity contribution in [3.8, 4) is 0 Å². The average Bonchev–Trinajstić information content (AvgIpc) is 2.62. The number of carbonyl (C=O) groups is 1. The summed E-state index contributed by atoms with van der Waals surface area (Å²) in [6.45, 7) is 7.19. The van der Waals surface area contributed by atoms with Gasteiger partial charge in [0.15, 0.2) is 5.78 Å². The molecule has 0 aromatic heterocycles. The minimum atomic E-state index is -2.59. The molecule has 0 bridgehead atoms. The first-order chi connectivity index (χ1) is 12.8. The normalized spacial score (nSPS) is 18.3. The van der Waals surface area contributed by atoms with Crippen LogP contribution in [0, 0.1) is 5.92 Å². The summed E-state index contributed by atoms with van der Waals surface area (Å²) in [6.07, 6.45) is 2.28. The summed E-state index contributed by atoms with van der Waals surface area (Å²) >= 11 is 0. The van der Waals surface area contributed by atoms with Crippen LogP contribution in [0.25, 0.3) is 0 Å². The minimum absolute atomic E-state index is 0.0177. The predicted octanol–water partition coefficient (Wildman–Crippen LogP) is 3.98. The Bertz CT molecular complexity index is 767. The molecule has 1 N–H and O–H groups in total. The Balaban J connectivity index is 2.02. The fraction of sp³-hybridized carbons (Fsp3) is 0.348. The van der Waals surface area contributed by atoms with Crippen molar-refractivity contribution in [2.45, 2.75) is 38.7 Å². The fourth-order valence-corrected chi connectivity index (χ4v) is 8.72. The van der Waals surface area contributed by atoms with Gasteiger partial charge >= 0.3 is 0 Å². The SMILES string of the molecule is CC(C)(C)[Si](OCC1CC(=O)C=C(O)C1)(c1ccccc1)c1ccccc1. The fourth-order valence-electron chi connectivity index (χ4n) is 4.08. The van der Waals surface area contributed by atoms with E-state index < -0.39 is 8.32 Å². The van der Waals surface area contributed by atoms with E-state index in [9.17, 15) is 9.90 Å². The molecule has 2 aromatic carbocycles. The molecule has 0 heterocycles. The van der Waals surface area contributed by atoms with E-state index in [0.29, 0.717) is 19.4 Å². The van der Waals surface area contributed by atoms with E-state index in [0.717, 1.165) is 0 Å². The molecule has 1 aliphatic rings. The highest BCUT2D eigenvalue weighted by molar-refractivity contribution is 6.99. The van der Waals surface area contributed by atoms with Gasteiger partial charge in [0.05, 0.1) is 5.76 Å². The maximum atomic E-state index is 11.9. The molecular weight excluding hydrogens is 352 g/mol. The van der Waals surface area contributed by atoms with Crippen molar-refractivity contribution < 1.29 is 14.3 Å². The van der Waals surface area contributed by atoms with Crippen molar-refractivity contribution in [2.24, 2.45) is 5.92 Å². The number of rotatable bonds is 5. The lowest BCUT2D eigenvalue weighted by molar-refractivity contribution is -0.116. The molecule has 0 amide bonds. The predicted molar refractivity (Wildman–Crippen MR) is 112 cm³/mol. The first-order valence-electron chi connectivity index (χ1n) is 9.50. The van der Waals surface area contributed by atoms with Crippen LogP contribution < -0.4 is 10.4 Å². The molecule has 0 aliphatic heterocycles. The quantitative estimate of drug-likeness (QED) is 0.798. The molecule has 3 rings (SSSR count). The van der Waals surface area contributed by atoms with E-state index in [1.54, 1.807) is 0 Å². The van der Waals surface area contributed by atoms with Gasteiger partial charge in [-0.1, -0.05) is 81.4 Å². The maximum absolute atomic E-state index is 11.9. The van der Waals surface area contributed by atoms with E-state index in [4.69, 9.17) is 4.43 Å². The van der Waals surface area contributed by atoms with Crippen LogP contribution in [-0.4, -0.2) is 25.8 Å². The lowest BCUT2D eigenvalue weighted by Crippen LogP contribution is -2.67. The Kier molecular flexibility index (Phi) is 5.68. The zero-order valence-electron chi connectivity index (χ0n) is 16.3. The third kappa shape index (κ3) is 4.07. The van der Waals surface area contributed by atoms with Gasteiger partial charge in [-0.25, -0.2) is 0 Å². The van der Waals surface area contributed by atoms with E-state index in [1.165, 1.54) is 16.4 Å². The molecule has 2 aromatic rings. The summed E-state index contributed by atoms with van der Waals surface area (Å²) in [5.74, 6) is 0.168. The maximum Gasteiger partial charge on any atom is 0.261 e. The number of benzene rings is 2. The topological polar surface area (TPSA) is 46.5 Å². The summed E-state index contributed by atoms with van der Waals surface area (Å²) in [5, 5.41) is 12.2. The second-order valence-electron chi connectivity index (χ2n) is 8.35. The smallest absolute Gasteiger partial charge is 0.261 e. The molecule has 1 atom stereocenters. The van der Waals surface area contributed by atoms with E-state index >= 15 is 0 Å². The van der Waals surface area contributed by atoms with Crippen molar-refractivity contribution in [3.05, 3.63) is 72.5 Å². The first kappa shape index (κ1) is 19.6. The number of allylic oxidation sites excluding steroid dienone is 2. The van der Waals surface area contributed by atoms with Gasteiger partial charge in [0.25, 0.3) is 8.32 Å². The molecule has 1 aliphatic carbocycles. The molecule has 0 fully saturated rings. The van der Waals surface area contributed by atoms with Crippen LogP contribution >= 0.6 is 0 Å². The second kappa shape index (κ2) is 7.83. The average molecular weight is 381 g/mol. The second-order valence-corrected chi connectivity index (χ2v) is 12.7. The van der Waals surface area contributed by atoms with Crippen LogP contribution in [0.5, 0.6) is 0 Å². The number of hydrogen-bond donors (Lipinski definition) is 1. The molecule has 27 heavy (non-hydrogen) atoms. The standard InChI is InChI=1S/C23H28O3Si/c1-23(2,3)27(21-10-6-4-7-11-21,22-12-8-5-9-13-22)26-17-18-14-19(24)16-20(25)15-18/h4-13,16,18,24H,14-15,17H2,1-3H3. The van der Waals surface area contributed by atoms with Crippen molar-refractivity contribution in [1.82, 2.24) is 0 Å². The molecular formula is C23H28O3Si. The highest BCUT2D eigenvalue weighted by Gasteiger charge is 2.50. The van der Waals surface area contributed by atoms with E-state index in [1.807, 2.05) is 12.1 Å². The molecule has 0 saturated heterocycles. The Morgan fingerprint density at radius 3 is 1.93 bits per heavy atom. The molecule has 0 saturated carbocycles. The first-order valence-corrected chi connectivity index (χ1v) is 11.4. The summed E-state index contributed by atoms with van der Waals surface area (Å²) in [5.41, 5.74) is 0. The number of hydrogen-bond acceptors (Lipinski definition) is 3. The lowest BCUT2D eigenvalue weighted by atomic mass is 9.93. The van der Waals surface area contributed by atoms with Gasteiger partial charge in [0.2, 0.25) is 0 Å². The zero-order chi connectivity index (χ0) is 19.5. The Labute approximate surface area is 162 Å². The molecule has 1 unspecified atom stereocenters. The van der Waals surface area contributed by atoms with Crippen LogP contribution in [0.4, 0.5) is 0 Å². The molecule has 4 heteroatoms. The van der Waals surface area contributed by atoms with Gasteiger partial charge in [-0.05, 0) is 21.3 Å². The minimum Gasteiger partial charge on any atom is -0.512 e. The van der Waals surface area contributed by atoms with Crippen molar-refractivity contribution >= 4 is 24.5 Å². The number of aliphatic hydroxyl groups is 1. The largest absolute Gasteiger partial charge is 0.512 e. The van der Waals surface area contributed by atoms with Gasteiger partial charge in [0.1, 0.15) is 0 Å². The molecule has 0 radical (unpaired) electrons. The van der Waals surface area contributed by atoms with Gasteiger partial charge < -0.3 is 9.53 Å². The van der Waals surface area contributed by atoms with Crippen LogP contribution in [0.15, 0.2) is 72.5 Å². The van der Waals surface area contributed by atoms with Crippen LogP contribution in [-0.2, 0) is 9.22 Å². The van der Waals surface area contributed by atoms with Crippen LogP contribution in [0.1, 0.15) is 33.6 Å². The Hall–Kier alpha value is -2.17. The van der Waals surface area contributed by atoms with Gasteiger partial charge in [-0.2, -0.15) is 0 Å².